The molecule has 132 valence electrons. The monoisotopic (exact) mass is 370 g/mol. The van der Waals surface area contributed by atoms with Gasteiger partial charge in [0.2, 0.25) is 0 Å². The van der Waals surface area contributed by atoms with Crippen molar-refractivity contribution in [3.05, 3.63) is 52.1 Å². The Morgan fingerprint density at radius 3 is 2.62 bits per heavy atom. The summed E-state index contributed by atoms with van der Waals surface area (Å²) in [6, 6.07) is 6.78. The van der Waals surface area contributed by atoms with Gasteiger partial charge in [0, 0.05) is 17.1 Å². The van der Waals surface area contributed by atoms with Gasteiger partial charge in [-0.05, 0) is 23.5 Å². The van der Waals surface area contributed by atoms with Gasteiger partial charge in [-0.2, -0.15) is 14.4 Å². The average molecular weight is 371 g/mol. The van der Waals surface area contributed by atoms with E-state index in [2.05, 4.69) is 21.9 Å². The summed E-state index contributed by atoms with van der Waals surface area (Å²) in [5, 5.41) is 12.2. The molecule has 4 rings (SSSR count). The number of benzene rings is 1. The van der Waals surface area contributed by atoms with E-state index >= 15 is 0 Å². The summed E-state index contributed by atoms with van der Waals surface area (Å²) in [4.78, 5) is 24.5. The van der Waals surface area contributed by atoms with Gasteiger partial charge in [-0.3, -0.25) is 0 Å². The number of hydrogen-bond acceptors (Lipinski definition) is 5. The van der Waals surface area contributed by atoms with E-state index in [1.807, 2.05) is 4.57 Å². The van der Waals surface area contributed by atoms with E-state index in [1.165, 1.54) is 10.7 Å². The fourth-order valence-corrected chi connectivity index (χ4v) is 3.08. The van der Waals surface area contributed by atoms with Crippen LogP contribution in [0, 0.1) is 10.1 Å². The van der Waals surface area contributed by atoms with E-state index in [0.29, 0.717) is 27.4 Å². The summed E-state index contributed by atoms with van der Waals surface area (Å²) in [5.41, 5.74) is 2.52. The summed E-state index contributed by atoms with van der Waals surface area (Å²) in [5.74, 6) is -0.139. The number of rotatable bonds is 5. The molecular formula is C17H15ClN6O2. The molecule has 0 unspecified atom stereocenters. The van der Waals surface area contributed by atoms with Crippen molar-refractivity contribution in [2.45, 2.75) is 26.3 Å². The van der Waals surface area contributed by atoms with Crippen LogP contribution in [-0.2, 0) is 6.54 Å². The summed E-state index contributed by atoms with van der Waals surface area (Å²) in [7, 11) is 0. The number of aryl methyl sites for hydroxylation is 1. The molecule has 0 amide bonds. The lowest BCUT2D eigenvalue weighted by Crippen LogP contribution is -2.00. The second kappa shape index (κ2) is 6.38. The average Bonchev–Trinajstić information content (AvgIpc) is 3.21. The van der Waals surface area contributed by atoms with Gasteiger partial charge in [0.05, 0.1) is 6.33 Å². The third kappa shape index (κ3) is 2.59. The molecule has 0 aliphatic rings. The first kappa shape index (κ1) is 16.5. The molecule has 1 aromatic carbocycles. The molecule has 0 fully saturated rings. The topological polar surface area (TPSA) is 91.2 Å². The van der Waals surface area contributed by atoms with Crippen molar-refractivity contribution in [1.82, 2.24) is 23.9 Å². The quantitative estimate of drug-likeness (QED) is 0.389. The highest BCUT2D eigenvalue weighted by atomic mass is 35.5. The zero-order valence-corrected chi connectivity index (χ0v) is 14.7. The van der Waals surface area contributed by atoms with E-state index in [4.69, 9.17) is 11.6 Å². The van der Waals surface area contributed by atoms with Crippen LogP contribution in [0.5, 0.6) is 0 Å². The Morgan fingerprint density at radius 2 is 1.92 bits per heavy atom. The van der Waals surface area contributed by atoms with Gasteiger partial charge in [-0.15, -0.1) is 0 Å². The van der Waals surface area contributed by atoms with Crippen molar-refractivity contribution < 1.29 is 4.92 Å². The Labute approximate surface area is 153 Å². The highest BCUT2D eigenvalue weighted by Crippen LogP contribution is 2.32. The van der Waals surface area contributed by atoms with E-state index in [-0.39, 0.29) is 11.5 Å². The molecule has 0 saturated carbocycles. The van der Waals surface area contributed by atoms with Crippen LogP contribution in [0.3, 0.4) is 0 Å². The highest BCUT2D eigenvalue weighted by molar-refractivity contribution is 6.30. The standard InChI is InChI=1S/C17H15ClN6O2/c1-2-3-8-22-9-19-14-15(22)20-10-23-16(14)21-13(17(23)24(25)26)11-4-6-12(18)7-5-11/h4-7,9-10H,2-3,8H2,1H3. The van der Waals surface area contributed by atoms with Gasteiger partial charge >= 0.3 is 5.82 Å². The lowest BCUT2D eigenvalue weighted by Gasteiger charge is -2.01. The molecule has 0 aliphatic carbocycles. The van der Waals surface area contributed by atoms with Crippen LogP contribution in [0.4, 0.5) is 5.82 Å². The zero-order valence-electron chi connectivity index (χ0n) is 14.0. The van der Waals surface area contributed by atoms with Crippen LogP contribution in [0.25, 0.3) is 28.1 Å². The lowest BCUT2D eigenvalue weighted by molar-refractivity contribution is -0.389. The summed E-state index contributed by atoms with van der Waals surface area (Å²) >= 11 is 5.92. The lowest BCUT2D eigenvalue weighted by atomic mass is 10.1. The highest BCUT2D eigenvalue weighted by Gasteiger charge is 2.27. The van der Waals surface area contributed by atoms with Gasteiger partial charge in [0.15, 0.2) is 23.2 Å². The van der Waals surface area contributed by atoms with Gasteiger partial charge in [0.25, 0.3) is 5.65 Å². The maximum Gasteiger partial charge on any atom is 0.357 e. The molecule has 3 heterocycles. The predicted octanol–water partition coefficient (Wildman–Crippen LogP) is 4.11. The van der Waals surface area contributed by atoms with E-state index in [9.17, 15) is 10.1 Å². The smallest absolute Gasteiger partial charge is 0.357 e. The minimum Gasteiger partial charge on any atom is -0.358 e. The van der Waals surface area contributed by atoms with Gasteiger partial charge < -0.3 is 14.7 Å². The van der Waals surface area contributed by atoms with E-state index in [1.54, 1.807) is 30.6 Å². The largest absolute Gasteiger partial charge is 0.358 e. The first-order valence-corrected chi connectivity index (χ1v) is 8.60. The second-order valence-corrected chi connectivity index (χ2v) is 6.39. The fourth-order valence-electron chi connectivity index (χ4n) is 2.95. The molecule has 0 saturated heterocycles. The minimum atomic E-state index is -0.453. The van der Waals surface area contributed by atoms with Gasteiger partial charge in [-0.25, -0.2) is 4.98 Å². The molecule has 0 N–H and O–H groups in total. The number of nitro groups is 1. The third-order valence-corrected chi connectivity index (χ3v) is 4.50. The number of imidazole rings is 2. The summed E-state index contributed by atoms with van der Waals surface area (Å²) < 4.78 is 3.32. The normalized spacial score (nSPS) is 11.5. The third-order valence-electron chi connectivity index (χ3n) is 4.25. The van der Waals surface area contributed by atoms with Crippen molar-refractivity contribution >= 4 is 34.2 Å². The number of halogens is 1. The minimum absolute atomic E-state index is 0.139. The summed E-state index contributed by atoms with van der Waals surface area (Å²) in [6.45, 7) is 2.91. The molecule has 0 atom stereocenters. The van der Waals surface area contributed by atoms with Gasteiger partial charge in [0.1, 0.15) is 0 Å². The summed E-state index contributed by atoms with van der Waals surface area (Å²) in [6.07, 6.45) is 5.20. The number of nitrogens with zero attached hydrogens (tertiary/aromatic N) is 6. The SMILES string of the molecule is CCCCn1cnc2c1ncn1c([N+](=O)[O-])c(-c3ccc(Cl)cc3)nc21. The molecule has 26 heavy (non-hydrogen) atoms. The van der Waals surface area contributed by atoms with Gasteiger partial charge in [-0.1, -0.05) is 37.1 Å². The molecule has 3 aromatic heterocycles. The van der Waals surface area contributed by atoms with E-state index < -0.39 is 4.92 Å². The second-order valence-electron chi connectivity index (χ2n) is 5.95. The van der Waals surface area contributed by atoms with Crippen LogP contribution in [0.15, 0.2) is 36.9 Å². The van der Waals surface area contributed by atoms with Crippen LogP contribution >= 0.6 is 11.6 Å². The van der Waals surface area contributed by atoms with Crippen LogP contribution in [0.1, 0.15) is 19.8 Å². The van der Waals surface area contributed by atoms with Crippen molar-refractivity contribution in [2.75, 3.05) is 0 Å². The Bertz CT molecular complexity index is 1120. The zero-order chi connectivity index (χ0) is 18.3. The Kier molecular flexibility index (Phi) is 4.04. The molecule has 0 radical (unpaired) electrons. The van der Waals surface area contributed by atoms with Crippen LogP contribution < -0.4 is 0 Å². The number of aromatic nitrogens is 5. The molecule has 0 aliphatic heterocycles. The van der Waals surface area contributed by atoms with Crippen molar-refractivity contribution in [3.8, 4) is 11.3 Å². The van der Waals surface area contributed by atoms with Crippen molar-refractivity contribution in [3.63, 3.8) is 0 Å². The van der Waals surface area contributed by atoms with Crippen LogP contribution in [0.2, 0.25) is 5.02 Å². The molecule has 0 spiro atoms. The molecule has 4 aromatic rings. The Balaban J connectivity index is 1.97. The van der Waals surface area contributed by atoms with E-state index in [0.717, 1.165) is 19.4 Å². The first-order valence-electron chi connectivity index (χ1n) is 8.22. The maximum absolute atomic E-state index is 11.7. The maximum atomic E-state index is 11.7. The molecular weight excluding hydrogens is 356 g/mol. The van der Waals surface area contributed by atoms with Crippen molar-refractivity contribution in [1.29, 1.82) is 0 Å². The number of unbranched alkanes of at least 4 members (excludes halogenated alkanes) is 1. The first-order chi connectivity index (χ1) is 12.6. The number of hydrogen-bond donors (Lipinski definition) is 0. The molecule has 0 bridgehead atoms. The molecule has 9 heteroatoms. The van der Waals surface area contributed by atoms with Crippen LogP contribution in [-0.4, -0.2) is 28.8 Å². The van der Waals surface area contributed by atoms with Crippen molar-refractivity contribution in [2.24, 2.45) is 0 Å². The predicted molar refractivity (Wildman–Crippen MR) is 98.3 cm³/mol. The fraction of sp³-hybridized carbons (Fsp3) is 0.235. The Hall–Kier alpha value is -3.00. The Morgan fingerprint density at radius 1 is 1.15 bits per heavy atom. The molecule has 8 nitrogen and oxygen atoms in total. The number of fused-ring (bicyclic) bond motifs is 3.